The van der Waals surface area contributed by atoms with Crippen molar-refractivity contribution in [2.24, 2.45) is 0 Å². The van der Waals surface area contributed by atoms with Crippen molar-refractivity contribution in [2.75, 3.05) is 10.6 Å². The van der Waals surface area contributed by atoms with E-state index in [0.29, 0.717) is 11.4 Å². The van der Waals surface area contributed by atoms with Crippen LogP contribution in [0.15, 0.2) is 83.6 Å². The van der Waals surface area contributed by atoms with Gasteiger partial charge < -0.3 is 10.6 Å². The Morgan fingerprint density at radius 3 is 2.45 bits per heavy atom. The molecule has 0 aliphatic rings. The lowest BCUT2D eigenvalue weighted by molar-refractivity contribution is 0.102. The van der Waals surface area contributed by atoms with Crippen LogP contribution in [-0.4, -0.2) is 15.9 Å². The van der Waals surface area contributed by atoms with Gasteiger partial charge in [0.05, 0.1) is 5.69 Å². The summed E-state index contributed by atoms with van der Waals surface area (Å²) in [4.78, 5) is 21.4. The van der Waals surface area contributed by atoms with Gasteiger partial charge in [-0.3, -0.25) is 4.79 Å². The number of anilines is 3. The number of nitrogens with zero attached hydrogens (tertiary/aromatic N) is 2. The lowest BCUT2D eigenvalue weighted by Gasteiger charge is -2.10. The number of rotatable bonds is 5. The van der Waals surface area contributed by atoms with Gasteiger partial charge in [0.25, 0.3) is 5.91 Å². The number of hydrogen-bond acceptors (Lipinski definition) is 4. The number of carbonyl (C=O) groups excluding carboxylic acids is 1. The summed E-state index contributed by atoms with van der Waals surface area (Å²) in [7, 11) is 0. The van der Waals surface area contributed by atoms with E-state index in [1.54, 1.807) is 12.1 Å². The number of aromatic nitrogens is 2. The van der Waals surface area contributed by atoms with Crippen LogP contribution in [0.1, 0.15) is 21.5 Å². The third-order valence-electron chi connectivity index (χ3n) is 4.83. The maximum Gasteiger partial charge on any atom is 0.255 e. The van der Waals surface area contributed by atoms with Crippen molar-refractivity contribution in [2.45, 2.75) is 13.8 Å². The fourth-order valence-electron chi connectivity index (χ4n) is 3.12. The van der Waals surface area contributed by atoms with Gasteiger partial charge in [0.15, 0.2) is 0 Å². The summed E-state index contributed by atoms with van der Waals surface area (Å²) in [5, 5.41) is 6.20. The molecule has 4 rings (SSSR count). The highest BCUT2D eigenvalue weighted by molar-refractivity contribution is 9.10. The van der Waals surface area contributed by atoms with Crippen LogP contribution in [0.2, 0.25) is 0 Å². The second-order valence-electron chi connectivity index (χ2n) is 7.28. The summed E-state index contributed by atoms with van der Waals surface area (Å²) in [6.07, 6.45) is 1.53. The van der Waals surface area contributed by atoms with Crippen molar-refractivity contribution in [3.05, 3.63) is 100 Å². The summed E-state index contributed by atoms with van der Waals surface area (Å²) in [6.45, 7) is 4.04. The molecule has 2 N–H and O–H groups in total. The van der Waals surface area contributed by atoms with Crippen LogP contribution in [0.5, 0.6) is 0 Å². The average Bonchev–Trinajstić information content (AvgIpc) is 2.77. The average molecular weight is 473 g/mol. The Labute approximate surface area is 189 Å². The standard InChI is InChI=1S/C25H21BrN4O/c1-16-6-8-18(9-7-16)23-14-24(28-15-27-23)29-20-5-3-4-19(13-20)25(31)30-21-10-11-22(26)17(2)12-21/h3-15H,1-2H3,(H,30,31)(H,27,28,29). The van der Waals surface area contributed by atoms with Crippen LogP contribution in [0, 0.1) is 13.8 Å². The van der Waals surface area contributed by atoms with Crippen LogP contribution >= 0.6 is 15.9 Å². The first-order chi connectivity index (χ1) is 15.0. The zero-order valence-corrected chi connectivity index (χ0v) is 18.8. The second kappa shape index (κ2) is 9.10. The van der Waals surface area contributed by atoms with Crippen LogP contribution in [-0.2, 0) is 0 Å². The Bertz CT molecular complexity index is 1240. The predicted octanol–water partition coefficient (Wildman–Crippen LogP) is 6.52. The summed E-state index contributed by atoms with van der Waals surface area (Å²) in [6, 6.07) is 23.1. The first-order valence-corrected chi connectivity index (χ1v) is 10.6. The Morgan fingerprint density at radius 1 is 0.871 bits per heavy atom. The Kier molecular flexibility index (Phi) is 6.09. The minimum atomic E-state index is -0.173. The zero-order chi connectivity index (χ0) is 21.8. The number of carbonyl (C=O) groups is 1. The van der Waals surface area contributed by atoms with Crippen molar-refractivity contribution < 1.29 is 4.79 Å². The highest BCUT2D eigenvalue weighted by Crippen LogP contribution is 2.23. The van der Waals surface area contributed by atoms with E-state index in [9.17, 15) is 4.79 Å². The van der Waals surface area contributed by atoms with Gasteiger partial charge in [-0.15, -0.1) is 0 Å². The highest BCUT2D eigenvalue weighted by Gasteiger charge is 2.09. The number of aryl methyl sites for hydroxylation is 2. The normalized spacial score (nSPS) is 10.5. The SMILES string of the molecule is Cc1ccc(-c2cc(Nc3cccc(C(=O)Nc4ccc(Br)c(C)c4)c3)ncn2)cc1. The van der Waals surface area contributed by atoms with Crippen LogP contribution < -0.4 is 10.6 Å². The molecule has 0 saturated heterocycles. The number of amides is 1. The van der Waals surface area contributed by atoms with Crippen LogP contribution in [0.3, 0.4) is 0 Å². The fourth-order valence-corrected chi connectivity index (χ4v) is 3.37. The molecule has 31 heavy (non-hydrogen) atoms. The Balaban J connectivity index is 1.51. The predicted molar refractivity (Wildman–Crippen MR) is 129 cm³/mol. The molecule has 6 heteroatoms. The molecule has 0 radical (unpaired) electrons. The van der Waals surface area contributed by atoms with E-state index in [-0.39, 0.29) is 5.91 Å². The maximum absolute atomic E-state index is 12.7. The molecule has 3 aromatic carbocycles. The van der Waals surface area contributed by atoms with E-state index in [2.05, 4.69) is 55.6 Å². The minimum absolute atomic E-state index is 0.173. The molecule has 0 bridgehead atoms. The monoisotopic (exact) mass is 472 g/mol. The van der Waals surface area contributed by atoms with E-state index in [1.807, 2.05) is 55.5 Å². The number of benzene rings is 3. The van der Waals surface area contributed by atoms with Gasteiger partial charge in [-0.1, -0.05) is 51.8 Å². The first kappa shape index (κ1) is 20.8. The van der Waals surface area contributed by atoms with Gasteiger partial charge in [-0.05, 0) is 55.8 Å². The lowest BCUT2D eigenvalue weighted by atomic mass is 10.1. The van der Waals surface area contributed by atoms with Crippen molar-refractivity contribution in [3.63, 3.8) is 0 Å². The molecule has 0 fully saturated rings. The molecule has 0 aliphatic carbocycles. The molecular weight excluding hydrogens is 452 g/mol. The molecule has 1 heterocycles. The summed E-state index contributed by atoms with van der Waals surface area (Å²) in [5.74, 6) is 0.486. The zero-order valence-electron chi connectivity index (χ0n) is 17.2. The third kappa shape index (κ3) is 5.16. The minimum Gasteiger partial charge on any atom is -0.340 e. The molecule has 0 aliphatic heterocycles. The van der Waals surface area contributed by atoms with Gasteiger partial charge >= 0.3 is 0 Å². The van der Waals surface area contributed by atoms with Gasteiger partial charge in [0, 0.05) is 33.0 Å². The summed E-state index contributed by atoms with van der Waals surface area (Å²) >= 11 is 3.47. The highest BCUT2D eigenvalue weighted by atomic mass is 79.9. The largest absolute Gasteiger partial charge is 0.340 e. The van der Waals surface area contributed by atoms with Crippen molar-refractivity contribution in [1.29, 1.82) is 0 Å². The van der Waals surface area contributed by atoms with Crippen LogP contribution in [0.4, 0.5) is 17.2 Å². The molecule has 1 aromatic heterocycles. The van der Waals surface area contributed by atoms with Gasteiger partial charge in [-0.2, -0.15) is 0 Å². The number of nitrogens with one attached hydrogen (secondary N) is 2. The van der Waals surface area contributed by atoms with E-state index in [0.717, 1.165) is 32.7 Å². The van der Waals surface area contributed by atoms with Gasteiger partial charge in [0.2, 0.25) is 0 Å². The molecule has 0 spiro atoms. The number of halogens is 1. The Hall–Kier alpha value is -3.51. The summed E-state index contributed by atoms with van der Waals surface area (Å²) in [5.41, 5.74) is 6.19. The van der Waals surface area contributed by atoms with Gasteiger partial charge in [-0.25, -0.2) is 9.97 Å². The quantitative estimate of drug-likeness (QED) is 0.346. The Morgan fingerprint density at radius 2 is 1.68 bits per heavy atom. The van der Waals surface area contributed by atoms with E-state index in [4.69, 9.17) is 0 Å². The number of hydrogen-bond donors (Lipinski definition) is 2. The molecule has 154 valence electrons. The lowest BCUT2D eigenvalue weighted by Crippen LogP contribution is -2.12. The van der Waals surface area contributed by atoms with Crippen LogP contribution in [0.25, 0.3) is 11.3 Å². The maximum atomic E-state index is 12.7. The molecule has 1 amide bonds. The third-order valence-corrected chi connectivity index (χ3v) is 5.72. The smallest absolute Gasteiger partial charge is 0.255 e. The van der Waals surface area contributed by atoms with Crippen molar-refractivity contribution >= 4 is 39.0 Å². The summed E-state index contributed by atoms with van der Waals surface area (Å²) < 4.78 is 1.01. The van der Waals surface area contributed by atoms with Crippen molar-refractivity contribution in [1.82, 2.24) is 9.97 Å². The fraction of sp³-hybridized carbons (Fsp3) is 0.0800. The first-order valence-electron chi connectivity index (χ1n) is 9.81. The molecule has 0 saturated carbocycles. The van der Waals surface area contributed by atoms with Crippen molar-refractivity contribution in [3.8, 4) is 11.3 Å². The van der Waals surface area contributed by atoms with E-state index < -0.39 is 0 Å². The molecular formula is C25H21BrN4O. The topological polar surface area (TPSA) is 66.9 Å². The molecule has 0 atom stereocenters. The van der Waals surface area contributed by atoms with Gasteiger partial charge in [0.1, 0.15) is 12.1 Å². The molecule has 5 nitrogen and oxygen atoms in total. The second-order valence-corrected chi connectivity index (χ2v) is 8.13. The molecule has 0 unspecified atom stereocenters. The van der Waals surface area contributed by atoms with E-state index >= 15 is 0 Å². The molecule has 4 aromatic rings. The van der Waals surface area contributed by atoms with E-state index in [1.165, 1.54) is 11.9 Å².